The van der Waals surface area contributed by atoms with E-state index in [4.69, 9.17) is 14.2 Å². The van der Waals surface area contributed by atoms with Gasteiger partial charge in [-0.25, -0.2) is 18.0 Å². The number of fused-ring (bicyclic) bond motifs is 4. The number of carbonyl (C=O) groups is 2. The van der Waals surface area contributed by atoms with Crippen LogP contribution in [-0.2, 0) is 20.0 Å². The lowest BCUT2D eigenvalue weighted by Gasteiger charge is -2.51. The molecule has 1 amide bonds. The molecule has 4 heterocycles. The Kier molecular flexibility index (Phi) is 7.03. The minimum Gasteiger partial charge on any atom is -0.451 e. The zero-order chi connectivity index (χ0) is 28.8. The molecule has 6 rings (SSSR count). The van der Waals surface area contributed by atoms with Gasteiger partial charge < -0.3 is 23.8 Å². The largest absolute Gasteiger partial charge is 0.510 e. The summed E-state index contributed by atoms with van der Waals surface area (Å²) in [6.45, 7) is -0.414. The molecular weight excluding hydrogens is 567 g/mol. The van der Waals surface area contributed by atoms with E-state index in [2.05, 4.69) is 4.74 Å². The van der Waals surface area contributed by atoms with Crippen molar-refractivity contribution in [3.63, 3.8) is 0 Å². The number of aromatic nitrogens is 1. The highest BCUT2D eigenvalue weighted by Crippen LogP contribution is 2.46. The third kappa shape index (κ3) is 4.47. The monoisotopic (exact) mass is 589 g/mol. The molecule has 0 unspecified atom stereocenters. The Hall–Kier alpha value is -4.17. The van der Waals surface area contributed by atoms with Gasteiger partial charge in [0.15, 0.2) is 17.3 Å². The van der Waals surface area contributed by atoms with Gasteiger partial charge in [0.05, 0.1) is 20.3 Å². The fourth-order valence-electron chi connectivity index (χ4n) is 5.37. The number of carbonyl (C=O) groups excluding carboxylic acids is 2. The molecule has 1 fully saturated rings. The maximum atomic E-state index is 15.8. The quantitative estimate of drug-likeness (QED) is 0.257. The van der Waals surface area contributed by atoms with Gasteiger partial charge in [-0.05, 0) is 11.6 Å². The third-order valence-corrected chi connectivity index (χ3v) is 8.25. The van der Waals surface area contributed by atoms with Gasteiger partial charge in [-0.1, -0.05) is 18.2 Å². The molecule has 0 saturated carbocycles. The van der Waals surface area contributed by atoms with Crippen molar-refractivity contribution >= 4 is 23.8 Å². The fourth-order valence-corrected chi connectivity index (χ4v) is 6.47. The second-order valence-corrected chi connectivity index (χ2v) is 10.3. The normalized spacial score (nSPS) is 19.4. The first kappa shape index (κ1) is 27.0. The summed E-state index contributed by atoms with van der Waals surface area (Å²) in [5, 5.41) is 1.60. The molecule has 214 valence electrons. The fraction of sp³-hybridized carbons (Fsp3) is 0.296. The van der Waals surface area contributed by atoms with Crippen LogP contribution >= 0.6 is 11.8 Å². The van der Waals surface area contributed by atoms with Crippen LogP contribution in [-0.4, -0.2) is 61.5 Å². The lowest BCUT2D eigenvalue weighted by Crippen LogP contribution is -2.66. The van der Waals surface area contributed by atoms with Crippen LogP contribution in [0.5, 0.6) is 5.75 Å². The Morgan fingerprint density at radius 2 is 1.95 bits per heavy atom. The average Bonchev–Trinajstić information content (AvgIpc) is 3.15. The molecule has 14 heteroatoms. The highest BCUT2D eigenvalue weighted by molar-refractivity contribution is 7.98. The molecule has 3 aliphatic heterocycles. The van der Waals surface area contributed by atoms with Crippen molar-refractivity contribution in [2.24, 2.45) is 0 Å². The van der Waals surface area contributed by atoms with Crippen molar-refractivity contribution in [2.75, 3.05) is 38.7 Å². The van der Waals surface area contributed by atoms with Crippen LogP contribution in [0.3, 0.4) is 0 Å². The molecular formula is C27H22F3N3O7S. The van der Waals surface area contributed by atoms with Gasteiger partial charge in [0.25, 0.3) is 5.91 Å². The summed E-state index contributed by atoms with van der Waals surface area (Å²) in [7, 11) is 1.09. The number of benzene rings is 2. The van der Waals surface area contributed by atoms with E-state index in [1.165, 1.54) is 27.5 Å². The molecule has 2 aromatic carbocycles. The van der Waals surface area contributed by atoms with Crippen LogP contribution in [0.25, 0.3) is 0 Å². The molecule has 3 aliphatic rings. The SMILES string of the molecule is COC(=O)OCOc1c2n(ccc1=O)N([C@@H]1c3ccccc3SCc3c(F)c(F)cc(F)c31)[C@@H]1COCCN1C2=O. The predicted octanol–water partition coefficient (Wildman–Crippen LogP) is 3.53. The summed E-state index contributed by atoms with van der Waals surface area (Å²) in [6, 6.07) is 7.61. The lowest BCUT2D eigenvalue weighted by atomic mass is 9.92. The minimum absolute atomic E-state index is 0.00534. The molecule has 0 aliphatic carbocycles. The Bertz CT molecular complexity index is 1620. The highest BCUT2D eigenvalue weighted by atomic mass is 32.2. The van der Waals surface area contributed by atoms with E-state index in [-0.39, 0.29) is 42.3 Å². The zero-order valence-corrected chi connectivity index (χ0v) is 22.3. The number of halogens is 3. The van der Waals surface area contributed by atoms with Crippen molar-refractivity contribution in [3.05, 3.63) is 92.7 Å². The molecule has 0 spiro atoms. The van der Waals surface area contributed by atoms with E-state index < -0.39 is 59.7 Å². The standard InChI is InChI=1S/C27H22F3N3O7S/c1-37-27(36)40-13-39-25-18(34)6-7-32-24(25)26(35)31-8-9-38-11-20(31)33(32)23-14-4-2-3-5-19(14)41-12-15-21(23)16(28)10-17(29)22(15)30/h2-7,10,20,23H,8-9,11-13H2,1H3/t20-,23-/m1/s1. The van der Waals surface area contributed by atoms with Crippen LogP contribution in [0.4, 0.5) is 18.0 Å². The van der Waals surface area contributed by atoms with Crippen molar-refractivity contribution in [1.82, 2.24) is 9.58 Å². The molecule has 0 radical (unpaired) electrons. The number of morpholine rings is 1. The van der Waals surface area contributed by atoms with Gasteiger partial charge in [0.2, 0.25) is 18.0 Å². The van der Waals surface area contributed by atoms with E-state index in [0.29, 0.717) is 16.5 Å². The predicted molar refractivity (Wildman–Crippen MR) is 138 cm³/mol. The highest BCUT2D eigenvalue weighted by Gasteiger charge is 2.47. The number of methoxy groups -OCH3 is 1. The summed E-state index contributed by atoms with van der Waals surface area (Å²) in [5.74, 6) is -4.49. The number of hydrogen-bond acceptors (Lipinski definition) is 9. The molecule has 0 bridgehead atoms. The second kappa shape index (κ2) is 10.7. The van der Waals surface area contributed by atoms with Crippen molar-refractivity contribution < 1.29 is 41.7 Å². The van der Waals surface area contributed by atoms with Crippen LogP contribution in [0.2, 0.25) is 0 Å². The van der Waals surface area contributed by atoms with Gasteiger partial charge in [-0.2, -0.15) is 0 Å². The zero-order valence-electron chi connectivity index (χ0n) is 21.5. The molecule has 1 saturated heterocycles. The summed E-state index contributed by atoms with van der Waals surface area (Å²) < 4.78 is 67.2. The van der Waals surface area contributed by atoms with Gasteiger partial charge in [-0.15, -0.1) is 11.8 Å². The Balaban J connectivity index is 1.60. The lowest BCUT2D eigenvalue weighted by molar-refractivity contribution is -0.0210. The second-order valence-electron chi connectivity index (χ2n) is 9.27. The molecule has 3 aromatic rings. The van der Waals surface area contributed by atoms with E-state index in [1.807, 2.05) is 0 Å². The van der Waals surface area contributed by atoms with E-state index in [1.54, 1.807) is 29.3 Å². The molecule has 10 nitrogen and oxygen atoms in total. The third-order valence-electron chi connectivity index (χ3n) is 7.14. The number of hydrogen-bond donors (Lipinski definition) is 0. The summed E-state index contributed by atoms with van der Waals surface area (Å²) in [6.07, 6.45) is -0.565. The number of nitrogens with zero attached hydrogens (tertiary/aromatic N) is 3. The van der Waals surface area contributed by atoms with Gasteiger partial charge in [0, 0.05) is 46.6 Å². The number of thioether (sulfide) groups is 1. The average molecular weight is 590 g/mol. The van der Waals surface area contributed by atoms with E-state index >= 15 is 8.78 Å². The maximum absolute atomic E-state index is 15.8. The summed E-state index contributed by atoms with van der Waals surface area (Å²) >= 11 is 1.23. The van der Waals surface area contributed by atoms with Gasteiger partial charge >= 0.3 is 6.16 Å². The first-order chi connectivity index (χ1) is 19.8. The molecule has 41 heavy (non-hydrogen) atoms. The van der Waals surface area contributed by atoms with Crippen LogP contribution in [0.1, 0.15) is 33.2 Å². The van der Waals surface area contributed by atoms with Crippen LogP contribution in [0.15, 0.2) is 52.3 Å². The number of ether oxygens (including phenoxy) is 4. The Morgan fingerprint density at radius 3 is 2.76 bits per heavy atom. The van der Waals surface area contributed by atoms with Crippen molar-refractivity contribution in [1.29, 1.82) is 0 Å². The van der Waals surface area contributed by atoms with E-state index in [0.717, 1.165) is 13.2 Å². The summed E-state index contributed by atoms with van der Waals surface area (Å²) in [4.78, 5) is 40.3. The number of rotatable bonds is 4. The molecule has 0 N–H and O–H groups in total. The number of pyridine rings is 1. The number of amides is 1. The van der Waals surface area contributed by atoms with Crippen LogP contribution in [0, 0.1) is 17.5 Å². The smallest absolute Gasteiger partial charge is 0.451 e. The van der Waals surface area contributed by atoms with Crippen LogP contribution < -0.4 is 15.2 Å². The van der Waals surface area contributed by atoms with E-state index in [9.17, 15) is 18.8 Å². The van der Waals surface area contributed by atoms with Gasteiger partial charge in [-0.3, -0.25) is 19.3 Å². The van der Waals surface area contributed by atoms with Crippen molar-refractivity contribution in [2.45, 2.75) is 22.9 Å². The maximum Gasteiger partial charge on any atom is 0.510 e. The first-order valence-electron chi connectivity index (χ1n) is 12.5. The minimum atomic E-state index is -1.31. The topological polar surface area (TPSA) is 99.5 Å². The van der Waals surface area contributed by atoms with Crippen molar-refractivity contribution in [3.8, 4) is 5.75 Å². The summed E-state index contributed by atoms with van der Waals surface area (Å²) in [5.41, 5.74) is -0.590. The Morgan fingerprint density at radius 1 is 1.15 bits per heavy atom. The Labute approximate surface area is 235 Å². The first-order valence-corrected chi connectivity index (χ1v) is 13.4. The molecule has 2 atom stereocenters. The van der Waals surface area contributed by atoms with Gasteiger partial charge in [0.1, 0.15) is 18.0 Å². The molecule has 1 aromatic heterocycles.